The SMILES string of the molecule is CCOC(=O)C[C@H]1CCN(C2CCC(C#N)(c3cccc(F)c3)CC2)C1. The minimum Gasteiger partial charge on any atom is -0.466 e. The van der Waals surface area contributed by atoms with Crippen LogP contribution in [0.3, 0.4) is 0 Å². The Bertz CT molecular complexity index is 677. The molecule has 0 bridgehead atoms. The molecule has 5 heteroatoms. The van der Waals surface area contributed by atoms with Crippen LogP contribution in [0.1, 0.15) is 51.0 Å². The number of hydrogen-bond acceptors (Lipinski definition) is 4. The van der Waals surface area contributed by atoms with Crippen LogP contribution in [0.25, 0.3) is 0 Å². The fourth-order valence-corrected chi connectivity index (χ4v) is 4.53. The van der Waals surface area contributed by atoms with Gasteiger partial charge in [-0.05, 0) is 69.2 Å². The number of nitrogens with zero attached hydrogens (tertiary/aromatic N) is 2. The summed E-state index contributed by atoms with van der Waals surface area (Å²) in [6, 6.07) is 9.43. The second-order valence-electron chi connectivity index (χ2n) is 7.59. The number of nitriles is 1. The summed E-state index contributed by atoms with van der Waals surface area (Å²) in [4.78, 5) is 14.2. The molecular weight excluding hydrogens is 331 g/mol. The van der Waals surface area contributed by atoms with E-state index in [2.05, 4.69) is 11.0 Å². The third-order valence-electron chi connectivity index (χ3n) is 5.99. The molecule has 1 saturated heterocycles. The Hall–Kier alpha value is -1.93. The minimum absolute atomic E-state index is 0.0994. The first-order valence-electron chi connectivity index (χ1n) is 9.63. The molecule has 1 heterocycles. The van der Waals surface area contributed by atoms with Crippen LogP contribution in [0.2, 0.25) is 0 Å². The van der Waals surface area contributed by atoms with Crippen LogP contribution >= 0.6 is 0 Å². The van der Waals surface area contributed by atoms with E-state index in [1.54, 1.807) is 6.07 Å². The molecule has 0 unspecified atom stereocenters. The Balaban J connectivity index is 1.57. The lowest BCUT2D eigenvalue weighted by molar-refractivity contribution is -0.144. The third-order valence-corrected chi connectivity index (χ3v) is 5.99. The molecule has 1 aliphatic carbocycles. The summed E-state index contributed by atoms with van der Waals surface area (Å²) < 4.78 is 18.7. The summed E-state index contributed by atoms with van der Waals surface area (Å²) >= 11 is 0. The zero-order chi connectivity index (χ0) is 18.6. The maximum Gasteiger partial charge on any atom is 0.306 e. The van der Waals surface area contributed by atoms with E-state index in [0.29, 0.717) is 25.0 Å². The molecule has 0 spiro atoms. The second-order valence-corrected chi connectivity index (χ2v) is 7.59. The summed E-state index contributed by atoms with van der Waals surface area (Å²) in [7, 11) is 0. The van der Waals surface area contributed by atoms with Gasteiger partial charge in [-0.1, -0.05) is 12.1 Å². The summed E-state index contributed by atoms with van der Waals surface area (Å²) in [5.74, 6) is -0.00175. The van der Waals surface area contributed by atoms with Crippen LogP contribution in [0, 0.1) is 23.1 Å². The molecule has 1 atom stereocenters. The normalized spacial score (nSPS) is 29.3. The molecule has 2 aliphatic rings. The van der Waals surface area contributed by atoms with E-state index < -0.39 is 5.41 Å². The quantitative estimate of drug-likeness (QED) is 0.751. The predicted molar refractivity (Wildman–Crippen MR) is 96.9 cm³/mol. The van der Waals surface area contributed by atoms with Gasteiger partial charge in [0.15, 0.2) is 0 Å². The number of carbonyl (C=O) groups excluding carboxylic acids is 1. The van der Waals surface area contributed by atoms with Crippen LogP contribution in [0.4, 0.5) is 4.39 Å². The van der Waals surface area contributed by atoms with E-state index in [-0.39, 0.29) is 11.8 Å². The number of benzene rings is 1. The van der Waals surface area contributed by atoms with Gasteiger partial charge in [0.25, 0.3) is 0 Å². The van der Waals surface area contributed by atoms with Crippen LogP contribution < -0.4 is 0 Å². The molecule has 1 aromatic carbocycles. The van der Waals surface area contributed by atoms with Crippen molar-refractivity contribution in [3.8, 4) is 6.07 Å². The van der Waals surface area contributed by atoms with Crippen molar-refractivity contribution in [2.24, 2.45) is 5.92 Å². The maximum absolute atomic E-state index is 13.6. The van der Waals surface area contributed by atoms with Gasteiger partial charge in [-0.15, -0.1) is 0 Å². The molecule has 1 aromatic rings. The largest absolute Gasteiger partial charge is 0.466 e. The molecule has 0 N–H and O–H groups in total. The van der Waals surface area contributed by atoms with Crippen LogP contribution in [0.5, 0.6) is 0 Å². The predicted octanol–water partition coefficient (Wildman–Crippen LogP) is 3.80. The summed E-state index contributed by atoms with van der Waals surface area (Å²) in [6.07, 6.45) is 4.94. The minimum atomic E-state index is -0.567. The maximum atomic E-state index is 13.6. The van der Waals surface area contributed by atoms with Crippen LogP contribution in [-0.4, -0.2) is 36.6 Å². The Kier molecular flexibility index (Phi) is 5.93. The Morgan fingerprint density at radius 1 is 1.38 bits per heavy atom. The van der Waals surface area contributed by atoms with Crippen molar-refractivity contribution in [1.82, 2.24) is 4.90 Å². The fourth-order valence-electron chi connectivity index (χ4n) is 4.53. The van der Waals surface area contributed by atoms with E-state index in [1.165, 1.54) is 12.1 Å². The molecule has 0 radical (unpaired) electrons. The average Bonchev–Trinajstić information content (AvgIpc) is 3.10. The van der Waals surface area contributed by atoms with E-state index >= 15 is 0 Å². The lowest BCUT2D eigenvalue weighted by Crippen LogP contribution is -2.41. The summed E-state index contributed by atoms with van der Waals surface area (Å²) in [6.45, 7) is 4.21. The van der Waals surface area contributed by atoms with Gasteiger partial charge in [-0.25, -0.2) is 4.39 Å². The molecular formula is C21H27FN2O2. The molecule has 0 aromatic heterocycles. The van der Waals surface area contributed by atoms with Gasteiger partial charge >= 0.3 is 5.97 Å². The highest BCUT2D eigenvalue weighted by Crippen LogP contribution is 2.41. The number of halogens is 1. The van der Waals surface area contributed by atoms with Crippen molar-refractivity contribution < 1.29 is 13.9 Å². The van der Waals surface area contributed by atoms with Crippen molar-refractivity contribution in [3.63, 3.8) is 0 Å². The van der Waals surface area contributed by atoms with E-state index in [9.17, 15) is 14.4 Å². The van der Waals surface area contributed by atoms with Gasteiger partial charge in [-0.3, -0.25) is 4.79 Å². The molecule has 0 amide bonds. The molecule has 3 rings (SSSR count). The average molecular weight is 358 g/mol. The molecule has 26 heavy (non-hydrogen) atoms. The van der Waals surface area contributed by atoms with Gasteiger partial charge in [-0.2, -0.15) is 5.26 Å². The van der Waals surface area contributed by atoms with Crippen LogP contribution in [0.15, 0.2) is 24.3 Å². The lowest BCUT2D eigenvalue weighted by Gasteiger charge is -2.39. The van der Waals surface area contributed by atoms with E-state index in [4.69, 9.17) is 4.74 Å². The van der Waals surface area contributed by atoms with E-state index in [1.807, 2.05) is 13.0 Å². The lowest BCUT2D eigenvalue weighted by atomic mass is 9.69. The number of rotatable bonds is 5. The van der Waals surface area contributed by atoms with E-state index in [0.717, 1.165) is 50.8 Å². The van der Waals surface area contributed by atoms with Gasteiger partial charge in [0.05, 0.1) is 18.1 Å². The Morgan fingerprint density at radius 3 is 2.81 bits per heavy atom. The highest BCUT2D eigenvalue weighted by atomic mass is 19.1. The molecule has 1 saturated carbocycles. The molecule has 1 aliphatic heterocycles. The first-order valence-corrected chi connectivity index (χ1v) is 9.63. The van der Waals surface area contributed by atoms with Gasteiger partial charge in [0, 0.05) is 19.0 Å². The fraction of sp³-hybridized carbons (Fsp3) is 0.619. The van der Waals surface area contributed by atoms with Gasteiger partial charge in [0.1, 0.15) is 5.82 Å². The number of carbonyl (C=O) groups is 1. The number of esters is 1. The molecule has 2 fully saturated rings. The van der Waals surface area contributed by atoms with Crippen molar-refractivity contribution >= 4 is 5.97 Å². The Morgan fingerprint density at radius 2 is 2.15 bits per heavy atom. The first-order chi connectivity index (χ1) is 12.6. The van der Waals surface area contributed by atoms with Gasteiger partial charge in [0.2, 0.25) is 0 Å². The number of ether oxygens (including phenoxy) is 1. The number of likely N-dealkylation sites (tertiary alicyclic amines) is 1. The highest BCUT2D eigenvalue weighted by Gasteiger charge is 2.40. The van der Waals surface area contributed by atoms with Crippen molar-refractivity contribution in [1.29, 1.82) is 5.26 Å². The van der Waals surface area contributed by atoms with Crippen molar-refractivity contribution in [2.45, 2.75) is 56.9 Å². The molecule has 4 nitrogen and oxygen atoms in total. The Labute approximate surface area is 154 Å². The zero-order valence-corrected chi connectivity index (χ0v) is 15.4. The van der Waals surface area contributed by atoms with Crippen molar-refractivity contribution in [2.75, 3.05) is 19.7 Å². The zero-order valence-electron chi connectivity index (χ0n) is 15.4. The third kappa shape index (κ3) is 4.07. The van der Waals surface area contributed by atoms with Crippen LogP contribution in [-0.2, 0) is 14.9 Å². The summed E-state index contributed by atoms with van der Waals surface area (Å²) in [5.41, 5.74) is 0.239. The smallest absolute Gasteiger partial charge is 0.306 e. The standard InChI is InChI=1S/C21H27FN2O2/c1-2-26-20(25)12-16-8-11-24(14-16)19-6-9-21(15-23,10-7-19)17-4-3-5-18(22)13-17/h3-5,13,16,19H,2,6-12,14H2,1H3/t16-,19?,21?/m1/s1. The highest BCUT2D eigenvalue weighted by molar-refractivity contribution is 5.69. The molecule has 140 valence electrons. The first kappa shape index (κ1) is 18.8. The van der Waals surface area contributed by atoms with Crippen molar-refractivity contribution in [3.05, 3.63) is 35.6 Å². The second kappa shape index (κ2) is 8.18. The topological polar surface area (TPSA) is 53.3 Å². The number of hydrogen-bond donors (Lipinski definition) is 0. The monoisotopic (exact) mass is 358 g/mol. The van der Waals surface area contributed by atoms with Gasteiger partial charge < -0.3 is 9.64 Å². The summed E-state index contributed by atoms with van der Waals surface area (Å²) in [5, 5.41) is 9.79.